The van der Waals surface area contributed by atoms with E-state index in [0.717, 1.165) is 12.8 Å². The number of nitrogens with zero attached hydrogens (tertiary/aromatic N) is 1. The lowest BCUT2D eigenvalue weighted by molar-refractivity contribution is 0.739. The Morgan fingerprint density at radius 1 is 1.07 bits per heavy atom. The van der Waals surface area contributed by atoms with Gasteiger partial charge < -0.3 is 10.3 Å². The molecule has 1 aromatic heterocycles. The molecule has 0 aliphatic heterocycles. The third-order valence-corrected chi connectivity index (χ3v) is 3.11. The van der Waals surface area contributed by atoms with Crippen LogP contribution in [0.1, 0.15) is 18.4 Å². The lowest BCUT2D eigenvalue weighted by atomic mass is 10.1. The molecule has 0 bridgehead atoms. The summed E-state index contributed by atoms with van der Waals surface area (Å²) in [6, 6.07) is 12.6. The highest BCUT2D eigenvalue weighted by Crippen LogP contribution is 2.42. The van der Waals surface area contributed by atoms with Crippen molar-refractivity contribution in [2.24, 2.45) is 5.73 Å². The molecule has 2 aromatic rings. The normalized spacial score (nSPS) is 17.7. The predicted octanol–water partition coefficient (Wildman–Crippen LogP) is 2.43. The van der Waals surface area contributed by atoms with E-state index in [1.807, 2.05) is 12.1 Å². The number of nitrogens with two attached hydrogens (primary N) is 1. The Morgan fingerprint density at radius 3 is 2.47 bits per heavy atom. The van der Waals surface area contributed by atoms with E-state index in [-0.39, 0.29) is 5.54 Å². The second-order valence-corrected chi connectivity index (χ2v) is 4.30. The molecule has 0 atom stereocenters. The summed E-state index contributed by atoms with van der Waals surface area (Å²) in [5.74, 6) is 0. The molecule has 1 fully saturated rings. The second-order valence-electron chi connectivity index (χ2n) is 4.30. The lowest BCUT2D eigenvalue weighted by Crippen LogP contribution is -2.18. The van der Waals surface area contributed by atoms with Crippen LogP contribution >= 0.6 is 0 Å². The summed E-state index contributed by atoms with van der Waals surface area (Å²) in [6.45, 7) is 0. The Balaban J connectivity index is 2.04. The van der Waals surface area contributed by atoms with Crippen molar-refractivity contribution in [2.45, 2.75) is 18.4 Å². The fourth-order valence-electron chi connectivity index (χ4n) is 1.91. The van der Waals surface area contributed by atoms with Crippen molar-refractivity contribution in [1.29, 1.82) is 0 Å². The van der Waals surface area contributed by atoms with Crippen LogP contribution < -0.4 is 5.73 Å². The van der Waals surface area contributed by atoms with Crippen LogP contribution in [0.5, 0.6) is 0 Å². The van der Waals surface area contributed by atoms with Crippen LogP contribution in [0.2, 0.25) is 0 Å². The topological polar surface area (TPSA) is 30.9 Å². The van der Waals surface area contributed by atoms with Crippen molar-refractivity contribution >= 4 is 0 Å². The second kappa shape index (κ2) is 2.97. The molecule has 1 aliphatic carbocycles. The molecule has 2 N–H and O–H groups in total. The van der Waals surface area contributed by atoms with Gasteiger partial charge in [-0.1, -0.05) is 12.1 Å². The molecule has 0 unspecified atom stereocenters. The first-order valence-corrected chi connectivity index (χ1v) is 5.31. The zero-order valence-corrected chi connectivity index (χ0v) is 8.56. The molecule has 0 radical (unpaired) electrons. The SMILES string of the molecule is NC1(c2cccc(-n3cccc3)c2)CC1. The van der Waals surface area contributed by atoms with E-state index >= 15 is 0 Å². The quantitative estimate of drug-likeness (QED) is 0.789. The molecular formula is C13H14N2. The number of hydrogen-bond donors (Lipinski definition) is 1. The van der Waals surface area contributed by atoms with Gasteiger partial charge in [0.25, 0.3) is 0 Å². The van der Waals surface area contributed by atoms with Crippen molar-refractivity contribution in [2.75, 3.05) is 0 Å². The average molecular weight is 198 g/mol. The Hall–Kier alpha value is -1.54. The molecule has 1 aliphatic rings. The molecule has 0 saturated heterocycles. The maximum Gasteiger partial charge on any atom is 0.0452 e. The number of benzene rings is 1. The highest BCUT2D eigenvalue weighted by atomic mass is 14.9. The van der Waals surface area contributed by atoms with Crippen LogP contribution in [-0.4, -0.2) is 4.57 Å². The van der Waals surface area contributed by atoms with Crippen LogP contribution in [0.3, 0.4) is 0 Å². The van der Waals surface area contributed by atoms with Crippen molar-refractivity contribution in [3.8, 4) is 5.69 Å². The maximum absolute atomic E-state index is 6.18. The molecule has 0 amide bonds. The van der Waals surface area contributed by atoms with Gasteiger partial charge in [-0.3, -0.25) is 0 Å². The summed E-state index contributed by atoms with van der Waals surface area (Å²) in [7, 11) is 0. The first-order valence-electron chi connectivity index (χ1n) is 5.31. The van der Waals surface area contributed by atoms with E-state index < -0.39 is 0 Å². The van der Waals surface area contributed by atoms with Crippen LogP contribution in [0.25, 0.3) is 5.69 Å². The summed E-state index contributed by atoms with van der Waals surface area (Å²) in [5.41, 5.74) is 8.59. The van der Waals surface area contributed by atoms with Gasteiger partial charge in [0.05, 0.1) is 0 Å². The van der Waals surface area contributed by atoms with Crippen molar-refractivity contribution < 1.29 is 0 Å². The zero-order chi connectivity index (χ0) is 10.3. The number of aromatic nitrogens is 1. The fourth-order valence-corrected chi connectivity index (χ4v) is 1.91. The molecule has 76 valence electrons. The van der Waals surface area contributed by atoms with E-state index in [9.17, 15) is 0 Å². The summed E-state index contributed by atoms with van der Waals surface area (Å²) >= 11 is 0. The van der Waals surface area contributed by atoms with Gasteiger partial charge in [0.2, 0.25) is 0 Å². The molecule has 2 nitrogen and oxygen atoms in total. The van der Waals surface area contributed by atoms with E-state index in [0.29, 0.717) is 0 Å². The fraction of sp³-hybridized carbons (Fsp3) is 0.231. The van der Waals surface area contributed by atoms with Crippen molar-refractivity contribution in [3.63, 3.8) is 0 Å². The van der Waals surface area contributed by atoms with Crippen LogP contribution in [-0.2, 0) is 5.54 Å². The Bertz CT molecular complexity index is 467. The predicted molar refractivity (Wildman–Crippen MR) is 60.9 cm³/mol. The Kier molecular flexibility index (Phi) is 1.73. The Morgan fingerprint density at radius 2 is 1.80 bits per heavy atom. The zero-order valence-electron chi connectivity index (χ0n) is 8.56. The molecule has 2 heteroatoms. The summed E-state index contributed by atoms with van der Waals surface area (Å²) < 4.78 is 2.11. The van der Waals surface area contributed by atoms with Crippen molar-refractivity contribution in [3.05, 3.63) is 54.4 Å². The van der Waals surface area contributed by atoms with E-state index in [1.54, 1.807) is 0 Å². The molecule has 1 saturated carbocycles. The van der Waals surface area contributed by atoms with E-state index in [4.69, 9.17) is 5.73 Å². The molecule has 15 heavy (non-hydrogen) atoms. The van der Waals surface area contributed by atoms with Gasteiger partial charge in [-0.15, -0.1) is 0 Å². The van der Waals surface area contributed by atoms with Crippen LogP contribution in [0.15, 0.2) is 48.8 Å². The number of rotatable bonds is 2. The number of hydrogen-bond acceptors (Lipinski definition) is 1. The third kappa shape index (κ3) is 1.47. The summed E-state index contributed by atoms with van der Waals surface area (Å²) in [5, 5.41) is 0. The van der Waals surface area contributed by atoms with Crippen LogP contribution in [0, 0.1) is 0 Å². The highest BCUT2D eigenvalue weighted by molar-refractivity contribution is 5.41. The largest absolute Gasteiger partial charge is 0.324 e. The van der Waals surface area contributed by atoms with E-state index in [2.05, 4.69) is 41.2 Å². The first kappa shape index (κ1) is 8.74. The third-order valence-electron chi connectivity index (χ3n) is 3.11. The monoisotopic (exact) mass is 198 g/mol. The molecule has 0 spiro atoms. The van der Waals surface area contributed by atoms with Gasteiger partial charge >= 0.3 is 0 Å². The lowest BCUT2D eigenvalue weighted by Gasteiger charge is -2.11. The minimum Gasteiger partial charge on any atom is -0.324 e. The van der Waals surface area contributed by atoms with Gasteiger partial charge in [-0.25, -0.2) is 0 Å². The average Bonchev–Trinajstić information content (AvgIpc) is 2.84. The first-order chi connectivity index (χ1) is 7.28. The Labute approximate surface area is 89.3 Å². The molecular weight excluding hydrogens is 184 g/mol. The summed E-state index contributed by atoms with van der Waals surface area (Å²) in [6.07, 6.45) is 6.33. The van der Waals surface area contributed by atoms with Gasteiger partial charge in [0.15, 0.2) is 0 Å². The van der Waals surface area contributed by atoms with Gasteiger partial charge in [-0.2, -0.15) is 0 Å². The van der Waals surface area contributed by atoms with Gasteiger partial charge in [0, 0.05) is 23.6 Å². The standard InChI is InChI=1S/C13H14N2/c14-13(6-7-13)11-4-3-5-12(10-11)15-8-1-2-9-15/h1-5,8-10H,6-7,14H2. The molecule has 3 rings (SSSR count). The minimum atomic E-state index is -0.0385. The van der Waals surface area contributed by atoms with Gasteiger partial charge in [0.1, 0.15) is 0 Å². The van der Waals surface area contributed by atoms with Gasteiger partial charge in [-0.05, 0) is 42.7 Å². The minimum absolute atomic E-state index is 0.0385. The highest BCUT2D eigenvalue weighted by Gasteiger charge is 2.39. The van der Waals surface area contributed by atoms with Crippen molar-refractivity contribution in [1.82, 2.24) is 4.57 Å². The maximum atomic E-state index is 6.18. The molecule has 1 aromatic carbocycles. The van der Waals surface area contributed by atoms with Crippen LogP contribution in [0.4, 0.5) is 0 Å². The summed E-state index contributed by atoms with van der Waals surface area (Å²) in [4.78, 5) is 0. The van der Waals surface area contributed by atoms with E-state index in [1.165, 1.54) is 11.3 Å². The molecule has 1 heterocycles. The smallest absolute Gasteiger partial charge is 0.0452 e.